The van der Waals surface area contributed by atoms with E-state index in [1.807, 2.05) is 50.2 Å². The average molecular weight is 625 g/mol. The van der Waals surface area contributed by atoms with Gasteiger partial charge in [0.2, 0.25) is 0 Å². The average Bonchev–Trinajstić information content (AvgIpc) is 2.89. The van der Waals surface area contributed by atoms with Gasteiger partial charge < -0.3 is 36.5 Å². The summed E-state index contributed by atoms with van der Waals surface area (Å²) in [5.41, 5.74) is 8.46. The largest absolute Gasteiger partial charge is 0.506 e. The van der Waals surface area contributed by atoms with E-state index >= 15 is 0 Å². The first-order chi connectivity index (χ1) is 18.1. The van der Waals surface area contributed by atoms with Crippen LogP contribution in [-0.4, -0.2) is 45.4 Å². The van der Waals surface area contributed by atoms with Gasteiger partial charge in [-0.25, -0.2) is 0 Å². The number of hydrogen-bond acceptors (Lipinski definition) is 8. The number of nitrogens with two attached hydrogens (primary N) is 1. The molecule has 0 aliphatic carbocycles. The topological polar surface area (TPSA) is 142 Å². The van der Waals surface area contributed by atoms with Gasteiger partial charge in [0.25, 0.3) is 5.56 Å². The van der Waals surface area contributed by atoms with Crippen LogP contribution >= 0.6 is 0 Å². The Kier molecular flexibility index (Phi) is 10.1. The van der Waals surface area contributed by atoms with Crippen molar-refractivity contribution < 1.29 is 40.6 Å². The van der Waals surface area contributed by atoms with Crippen molar-refractivity contribution in [2.24, 2.45) is 5.73 Å². The van der Waals surface area contributed by atoms with Crippen LogP contribution in [0.25, 0.3) is 10.9 Å². The third kappa shape index (κ3) is 8.05. The van der Waals surface area contributed by atoms with Crippen LogP contribution < -0.4 is 26.7 Å². The summed E-state index contributed by atoms with van der Waals surface area (Å²) in [6.45, 7) is 5.20. The molecule has 0 saturated carbocycles. The molecule has 4 rings (SSSR count). The zero-order valence-corrected chi connectivity index (χ0v) is 23.4. The molecule has 1 heterocycles. The standard InChI is InChI=1S/C29H34N4O5.Pd/c1-29(2,30)18-38-22-9-7-21(8-10-22)32-20-5-3-19(4-6-20)15-16-31-17-26(35)23-11-13-25(34)28-24(23)12-14-27(36)33(28)37;/h3-14,26,31-32,34-35,37H,15-18,30H2,1-2H3;/t26-;/m0./s1. The van der Waals surface area contributed by atoms with Crippen LogP contribution in [0.15, 0.2) is 77.6 Å². The molecule has 0 radical (unpaired) electrons. The van der Waals surface area contributed by atoms with Gasteiger partial charge in [-0.1, -0.05) is 18.2 Å². The van der Waals surface area contributed by atoms with Crippen LogP contribution in [0.3, 0.4) is 0 Å². The van der Waals surface area contributed by atoms with E-state index in [1.54, 1.807) is 6.07 Å². The maximum atomic E-state index is 11.7. The van der Waals surface area contributed by atoms with Crippen molar-refractivity contribution >= 4 is 22.3 Å². The predicted molar refractivity (Wildman–Crippen MR) is 149 cm³/mol. The number of pyridine rings is 1. The Labute approximate surface area is 240 Å². The predicted octanol–water partition coefficient (Wildman–Crippen LogP) is 3.67. The van der Waals surface area contributed by atoms with Gasteiger partial charge in [0.05, 0.1) is 6.10 Å². The number of aliphatic hydroxyl groups is 1. The van der Waals surface area contributed by atoms with Crippen molar-refractivity contribution in [3.63, 3.8) is 0 Å². The molecule has 4 aromatic rings. The molecule has 1 atom stereocenters. The van der Waals surface area contributed by atoms with Crippen molar-refractivity contribution in [3.8, 4) is 11.5 Å². The molecule has 7 N–H and O–H groups in total. The Hall–Kier alpha value is -3.39. The summed E-state index contributed by atoms with van der Waals surface area (Å²) in [7, 11) is 0. The van der Waals surface area contributed by atoms with Gasteiger partial charge in [-0.15, -0.1) is 4.73 Å². The van der Waals surface area contributed by atoms with Crippen molar-refractivity contribution in [2.75, 3.05) is 25.0 Å². The second-order valence-corrected chi connectivity index (χ2v) is 10.0. The number of nitrogens with one attached hydrogen (secondary N) is 2. The Balaban J connectivity index is 0.00000420. The van der Waals surface area contributed by atoms with E-state index in [1.165, 1.54) is 18.2 Å². The first-order valence-corrected chi connectivity index (χ1v) is 12.4. The maximum absolute atomic E-state index is 11.7. The normalized spacial score (nSPS) is 12.1. The number of ether oxygens (including phenoxy) is 1. The van der Waals surface area contributed by atoms with Crippen molar-refractivity contribution in [3.05, 3.63) is 94.3 Å². The fourth-order valence-corrected chi connectivity index (χ4v) is 4.04. The molecule has 0 aliphatic heterocycles. The minimum absolute atomic E-state index is 0. The molecule has 0 unspecified atom stereocenters. The number of aliphatic hydroxyl groups excluding tert-OH is 1. The number of fused-ring (bicyclic) bond motifs is 1. The van der Waals surface area contributed by atoms with Crippen LogP contribution in [0.2, 0.25) is 0 Å². The second kappa shape index (κ2) is 13.1. The van der Waals surface area contributed by atoms with Gasteiger partial charge in [-0.2, -0.15) is 0 Å². The molecule has 0 spiro atoms. The van der Waals surface area contributed by atoms with E-state index in [0.29, 0.717) is 28.8 Å². The summed E-state index contributed by atoms with van der Waals surface area (Å²) >= 11 is 0. The summed E-state index contributed by atoms with van der Waals surface area (Å²) in [6, 6.07) is 21.5. The number of phenols is 1. The summed E-state index contributed by atoms with van der Waals surface area (Å²) < 4.78 is 6.09. The van der Waals surface area contributed by atoms with E-state index in [-0.39, 0.29) is 43.8 Å². The zero-order valence-electron chi connectivity index (χ0n) is 21.8. The van der Waals surface area contributed by atoms with Crippen molar-refractivity contribution in [2.45, 2.75) is 31.9 Å². The van der Waals surface area contributed by atoms with Crippen LogP contribution in [0.1, 0.15) is 31.1 Å². The van der Waals surface area contributed by atoms with Crippen molar-refractivity contribution in [1.82, 2.24) is 10.0 Å². The minimum atomic E-state index is -0.888. The fourth-order valence-electron chi connectivity index (χ4n) is 4.04. The molecule has 0 amide bonds. The molecule has 39 heavy (non-hydrogen) atoms. The minimum Gasteiger partial charge on any atom is -0.506 e. The van der Waals surface area contributed by atoms with Gasteiger partial charge in [0.15, 0.2) is 0 Å². The summed E-state index contributed by atoms with van der Waals surface area (Å²) in [5, 5.41) is 37.7. The van der Waals surface area contributed by atoms with Crippen molar-refractivity contribution in [1.29, 1.82) is 0 Å². The number of hydrogen-bond donors (Lipinski definition) is 6. The molecule has 3 aromatic carbocycles. The van der Waals surface area contributed by atoms with Crippen LogP contribution in [0.5, 0.6) is 11.5 Å². The smallest absolute Gasteiger partial charge is 0.283 e. The Morgan fingerprint density at radius 2 is 1.62 bits per heavy atom. The van der Waals surface area contributed by atoms with E-state index in [4.69, 9.17) is 10.5 Å². The van der Waals surface area contributed by atoms with E-state index < -0.39 is 11.7 Å². The second-order valence-electron chi connectivity index (χ2n) is 10.0. The monoisotopic (exact) mass is 624 g/mol. The number of nitrogens with zero attached hydrogens (tertiary/aromatic N) is 1. The number of anilines is 2. The Morgan fingerprint density at radius 1 is 0.974 bits per heavy atom. The van der Waals surface area contributed by atoms with Crippen LogP contribution in [0.4, 0.5) is 11.4 Å². The molecule has 0 bridgehead atoms. The van der Waals surface area contributed by atoms with E-state index in [2.05, 4.69) is 22.8 Å². The molecular formula is C29H34N4O5Pd. The molecule has 1 aromatic heterocycles. The summed E-state index contributed by atoms with van der Waals surface area (Å²) in [6.07, 6.45) is -0.121. The summed E-state index contributed by atoms with van der Waals surface area (Å²) in [4.78, 5) is 11.7. The third-order valence-corrected chi connectivity index (χ3v) is 6.04. The Morgan fingerprint density at radius 3 is 2.26 bits per heavy atom. The quantitative estimate of drug-likeness (QED) is 0.0844. The number of aromatic nitrogens is 1. The molecule has 9 nitrogen and oxygen atoms in total. The number of benzene rings is 3. The molecule has 0 fully saturated rings. The first kappa shape index (κ1) is 30.2. The zero-order chi connectivity index (χ0) is 27.3. The first-order valence-electron chi connectivity index (χ1n) is 12.4. The van der Waals surface area contributed by atoms with E-state index in [9.17, 15) is 20.2 Å². The van der Waals surface area contributed by atoms with Gasteiger partial charge in [-0.05, 0) is 86.5 Å². The third-order valence-electron chi connectivity index (χ3n) is 6.04. The van der Waals surface area contributed by atoms with Gasteiger partial charge >= 0.3 is 0 Å². The molecular weight excluding hydrogens is 591 g/mol. The fraction of sp³-hybridized carbons (Fsp3) is 0.276. The SMILES string of the molecule is CC(C)(N)COc1ccc(Nc2ccc(CCNC[C@H](O)c3ccc(O)c4c3ccc(=O)n4O)cc2)cc1.[Pd]. The Bertz CT molecular complexity index is 1430. The maximum Gasteiger partial charge on any atom is 0.283 e. The number of aromatic hydroxyl groups is 1. The molecule has 10 heteroatoms. The van der Waals surface area contributed by atoms with Crippen LogP contribution in [-0.2, 0) is 26.8 Å². The van der Waals surface area contributed by atoms with Crippen LogP contribution in [0, 0.1) is 0 Å². The molecule has 210 valence electrons. The van der Waals surface area contributed by atoms with E-state index in [0.717, 1.165) is 29.1 Å². The van der Waals surface area contributed by atoms with Gasteiger partial charge in [0.1, 0.15) is 23.6 Å². The number of rotatable bonds is 11. The summed E-state index contributed by atoms with van der Waals surface area (Å²) in [5.74, 6) is 0.536. The van der Waals surface area contributed by atoms with Gasteiger partial charge in [-0.3, -0.25) is 4.79 Å². The number of phenolic OH excluding ortho intramolecular Hbond substituents is 1. The van der Waals surface area contributed by atoms with Gasteiger partial charge in [0, 0.05) is 55.3 Å². The molecule has 0 saturated heterocycles. The molecule has 0 aliphatic rings.